The lowest BCUT2D eigenvalue weighted by atomic mass is 9.84. The number of aryl methyl sites for hydroxylation is 3. The molecule has 0 aromatic heterocycles. The minimum Gasteiger partial charge on any atom is -0.375 e. The Morgan fingerprint density at radius 3 is 2.00 bits per heavy atom. The van der Waals surface area contributed by atoms with E-state index in [4.69, 9.17) is 9.47 Å². The van der Waals surface area contributed by atoms with Crippen molar-refractivity contribution in [1.29, 1.82) is 0 Å². The van der Waals surface area contributed by atoms with E-state index in [1.807, 2.05) is 0 Å². The average molecular weight is 206 g/mol. The van der Waals surface area contributed by atoms with E-state index in [1.165, 1.54) is 22.3 Å². The van der Waals surface area contributed by atoms with Crippen molar-refractivity contribution in [2.24, 2.45) is 0 Å². The summed E-state index contributed by atoms with van der Waals surface area (Å²) in [7, 11) is 1.77. The summed E-state index contributed by atoms with van der Waals surface area (Å²) in [4.78, 5) is 0. The highest BCUT2D eigenvalue weighted by Crippen LogP contribution is 2.37. The Morgan fingerprint density at radius 1 is 1.13 bits per heavy atom. The summed E-state index contributed by atoms with van der Waals surface area (Å²) in [5.74, 6) is 0. The first kappa shape index (κ1) is 10.7. The number of hydrogen-bond acceptors (Lipinski definition) is 2. The maximum absolute atomic E-state index is 5.64. The molecule has 0 unspecified atom stereocenters. The lowest BCUT2D eigenvalue weighted by Gasteiger charge is -2.42. The highest BCUT2D eigenvalue weighted by atomic mass is 16.6. The molecule has 1 aromatic carbocycles. The van der Waals surface area contributed by atoms with Gasteiger partial charge in [-0.15, -0.1) is 0 Å². The predicted octanol–water partition coefficient (Wildman–Crippen LogP) is 2.48. The second-order valence-electron chi connectivity index (χ2n) is 4.46. The largest absolute Gasteiger partial charge is 0.375 e. The van der Waals surface area contributed by atoms with Crippen LogP contribution in [0.25, 0.3) is 0 Å². The van der Waals surface area contributed by atoms with Crippen LogP contribution < -0.4 is 0 Å². The van der Waals surface area contributed by atoms with E-state index in [0.717, 1.165) is 0 Å². The fraction of sp³-hybridized carbons (Fsp3) is 0.538. The van der Waals surface area contributed by atoms with Gasteiger partial charge in [0.05, 0.1) is 13.2 Å². The van der Waals surface area contributed by atoms with Gasteiger partial charge in [0.1, 0.15) is 5.60 Å². The molecule has 1 aliphatic rings. The smallest absolute Gasteiger partial charge is 0.140 e. The summed E-state index contributed by atoms with van der Waals surface area (Å²) in [6.45, 7) is 7.77. The van der Waals surface area contributed by atoms with Gasteiger partial charge in [-0.25, -0.2) is 0 Å². The van der Waals surface area contributed by atoms with E-state index in [2.05, 4.69) is 32.9 Å². The Labute approximate surface area is 91.2 Å². The molecule has 0 bridgehead atoms. The maximum atomic E-state index is 5.64. The molecule has 0 aliphatic carbocycles. The standard InChI is InChI=1S/C13H18O2/c1-9-5-10(2)12(11(3)6-9)13(14-4)7-15-8-13/h5-6H,7-8H2,1-4H3. The van der Waals surface area contributed by atoms with Gasteiger partial charge in [0, 0.05) is 7.11 Å². The van der Waals surface area contributed by atoms with Crippen LogP contribution in [0.3, 0.4) is 0 Å². The van der Waals surface area contributed by atoms with Crippen LogP contribution in [0.5, 0.6) is 0 Å². The maximum Gasteiger partial charge on any atom is 0.140 e. The van der Waals surface area contributed by atoms with Gasteiger partial charge in [-0.3, -0.25) is 0 Å². The third kappa shape index (κ3) is 1.58. The number of ether oxygens (including phenoxy) is 2. The molecular formula is C13H18O2. The number of hydrogen-bond donors (Lipinski definition) is 0. The molecule has 0 N–H and O–H groups in total. The molecule has 2 rings (SSSR count). The van der Waals surface area contributed by atoms with Gasteiger partial charge in [0.25, 0.3) is 0 Å². The van der Waals surface area contributed by atoms with Crippen LogP contribution in [-0.4, -0.2) is 20.3 Å². The Balaban J connectivity index is 2.52. The average Bonchev–Trinajstić information content (AvgIpc) is 2.07. The van der Waals surface area contributed by atoms with Gasteiger partial charge in [-0.1, -0.05) is 17.7 Å². The van der Waals surface area contributed by atoms with Crippen molar-refractivity contribution in [2.45, 2.75) is 26.4 Å². The molecule has 15 heavy (non-hydrogen) atoms. The summed E-state index contributed by atoms with van der Waals surface area (Å²) < 4.78 is 10.9. The SMILES string of the molecule is COC1(c2c(C)cc(C)cc2C)COC1. The summed E-state index contributed by atoms with van der Waals surface area (Å²) in [5.41, 5.74) is 5.03. The number of methoxy groups -OCH3 is 1. The van der Waals surface area contributed by atoms with Gasteiger partial charge < -0.3 is 9.47 Å². The Bertz CT molecular complexity index is 350. The molecular weight excluding hydrogens is 188 g/mol. The van der Waals surface area contributed by atoms with Crippen LogP contribution in [0.2, 0.25) is 0 Å². The minimum atomic E-state index is -0.193. The monoisotopic (exact) mass is 206 g/mol. The van der Waals surface area contributed by atoms with E-state index in [9.17, 15) is 0 Å². The third-order valence-electron chi connectivity index (χ3n) is 3.19. The quantitative estimate of drug-likeness (QED) is 0.740. The van der Waals surface area contributed by atoms with Crippen molar-refractivity contribution in [3.8, 4) is 0 Å². The van der Waals surface area contributed by atoms with Crippen molar-refractivity contribution in [3.63, 3.8) is 0 Å². The zero-order valence-corrected chi connectivity index (χ0v) is 9.89. The molecule has 82 valence electrons. The predicted molar refractivity (Wildman–Crippen MR) is 60.2 cm³/mol. The first-order chi connectivity index (χ1) is 7.09. The van der Waals surface area contributed by atoms with Crippen molar-refractivity contribution in [3.05, 3.63) is 34.4 Å². The second kappa shape index (κ2) is 3.62. The zero-order valence-electron chi connectivity index (χ0n) is 9.89. The molecule has 1 heterocycles. The second-order valence-corrected chi connectivity index (χ2v) is 4.46. The summed E-state index contributed by atoms with van der Waals surface area (Å²) in [6, 6.07) is 4.42. The van der Waals surface area contributed by atoms with E-state index < -0.39 is 0 Å². The molecule has 1 aliphatic heterocycles. The Morgan fingerprint density at radius 2 is 1.67 bits per heavy atom. The van der Waals surface area contributed by atoms with E-state index >= 15 is 0 Å². The lowest BCUT2D eigenvalue weighted by molar-refractivity contribution is -0.203. The van der Waals surface area contributed by atoms with Gasteiger partial charge >= 0.3 is 0 Å². The lowest BCUT2D eigenvalue weighted by Crippen LogP contribution is -2.49. The van der Waals surface area contributed by atoms with Gasteiger partial charge in [0.15, 0.2) is 0 Å². The highest BCUT2D eigenvalue weighted by molar-refractivity contribution is 5.42. The first-order valence-corrected chi connectivity index (χ1v) is 5.30. The molecule has 0 radical (unpaired) electrons. The molecule has 0 saturated carbocycles. The van der Waals surface area contributed by atoms with Crippen LogP contribution in [-0.2, 0) is 15.1 Å². The zero-order chi connectivity index (χ0) is 11.1. The molecule has 1 fully saturated rings. The number of rotatable bonds is 2. The Kier molecular flexibility index (Phi) is 2.57. The van der Waals surface area contributed by atoms with Crippen molar-refractivity contribution in [2.75, 3.05) is 20.3 Å². The van der Waals surface area contributed by atoms with Crippen LogP contribution >= 0.6 is 0 Å². The Hall–Kier alpha value is -0.860. The fourth-order valence-electron chi connectivity index (χ4n) is 2.55. The van der Waals surface area contributed by atoms with Crippen LogP contribution in [0.15, 0.2) is 12.1 Å². The van der Waals surface area contributed by atoms with Crippen LogP contribution in [0.4, 0.5) is 0 Å². The third-order valence-corrected chi connectivity index (χ3v) is 3.19. The van der Waals surface area contributed by atoms with Crippen LogP contribution in [0, 0.1) is 20.8 Å². The molecule has 2 nitrogen and oxygen atoms in total. The number of benzene rings is 1. The van der Waals surface area contributed by atoms with E-state index in [1.54, 1.807) is 7.11 Å². The molecule has 0 amide bonds. The highest BCUT2D eigenvalue weighted by Gasteiger charge is 2.42. The van der Waals surface area contributed by atoms with Gasteiger partial charge in [0.2, 0.25) is 0 Å². The molecule has 0 spiro atoms. The van der Waals surface area contributed by atoms with E-state index in [0.29, 0.717) is 13.2 Å². The summed E-state index contributed by atoms with van der Waals surface area (Å²) in [5, 5.41) is 0. The topological polar surface area (TPSA) is 18.5 Å². The van der Waals surface area contributed by atoms with E-state index in [-0.39, 0.29) is 5.60 Å². The summed E-state index contributed by atoms with van der Waals surface area (Å²) in [6.07, 6.45) is 0. The van der Waals surface area contributed by atoms with Crippen molar-refractivity contribution >= 4 is 0 Å². The molecule has 1 saturated heterocycles. The van der Waals surface area contributed by atoms with Crippen LogP contribution in [0.1, 0.15) is 22.3 Å². The normalized spacial score (nSPS) is 18.7. The van der Waals surface area contributed by atoms with Gasteiger partial charge in [-0.05, 0) is 37.5 Å². The minimum absolute atomic E-state index is 0.193. The molecule has 2 heteroatoms. The van der Waals surface area contributed by atoms with Crippen molar-refractivity contribution in [1.82, 2.24) is 0 Å². The fourth-order valence-corrected chi connectivity index (χ4v) is 2.55. The first-order valence-electron chi connectivity index (χ1n) is 5.30. The van der Waals surface area contributed by atoms with Crippen molar-refractivity contribution < 1.29 is 9.47 Å². The molecule has 1 aromatic rings. The summed E-state index contributed by atoms with van der Waals surface area (Å²) >= 11 is 0. The van der Waals surface area contributed by atoms with Gasteiger partial charge in [-0.2, -0.15) is 0 Å². The molecule has 0 atom stereocenters.